The first-order valence-electron chi connectivity index (χ1n) is 6.33. The molecule has 0 saturated carbocycles. The average Bonchev–Trinajstić information content (AvgIpc) is 2.92. The van der Waals surface area contributed by atoms with Crippen LogP contribution in [0.3, 0.4) is 0 Å². The maximum Gasteiger partial charge on any atom is 0.122 e. The molecule has 0 bridgehead atoms. The third kappa shape index (κ3) is 2.93. The van der Waals surface area contributed by atoms with Gasteiger partial charge in [-0.15, -0.1) is 5.10 Å². The van der Waals surface area contributed by atoms with Gasteiger partial charge in [-0.2, -0.15) is 0 Å². The van der Waals surface area contributed by atoms with E-state index in [1.54, 1.807) is 7.11 Å². The zero-order chi connectivity index (χ0) is 13.8. The number of methoxy groups -OCH3 is 1. The number of rotatable bonds is 5. The molecule has 1 aromatic carbocycles. The fourth-order valence-corrected chi connectivity index (χ4v) is 2.81. The molecule has 5 heteroatoms. The molecule has 4 nitrogen and oxygen atoms in total. The normalized spacial score (nSPS) is 12.4. The van der Waals surface area contributed by atoms with E-state index < -0.39 is 0 Å². The predicted molar refractivity (Wildman–Crippen MR) is 77.9 cm³/mol. The number of hydrogen-bond acceptors (Lipinski definition) is 5. The van der Waals surface area contributed by atoms with Gasteiger partial charge >= 0.3 is 0 Å². The molecule has 1 heterocycles. The molecule has 0 aliphatic rings. The summed E-state index contributed by atoms with van der Waals surface area (Å²) >= 11 is 1.44. The van der Waals surface area contributed by atoms with Crippen molar-refractivity contribution in [2.45, 2.75) is 26.8 Å². The van der Waals surface area contributed by atoms with E-state index in [0.717, 1.165) is 22.7 Å². The third-order valence-corrected chi connectivity index (χ3v) is 3.89. The molecular formula is C14H19N3OS. The summed E-state index contributed by atoms with van der Waals surface area (Å²) in [7, 11) is 1.70. The van der Waals surface area contributed by atoms with Gasteiger partial charge in [0.15, 0.2) is 0 Å². The molecule has 0 saturated heterocycles. The Morgan fingerprint density at radius 3 is 2.68 bits per heavy atom. The van der Waals surface area contributed by atoms with Crippen molar-refractivity contribution < 1.29 is 4.74 Å². The van der Waals surface area contributed by atoms with E-state index in [1.807, 2.05) is 6.20 Å². The monoisotopic (exact) mass is 277 g/mol. The first-order chi connectivity index (χ1) is 9.17. The van der Waals surface area contributed by atoms with Crippen molar-refractivity contribution in [3.05, 3.63) is 39.9 Å². The van der Waals surface area contributed by atoms with Gasteiger partial charge in [-0.1, -0.05) is 17.5 Å². The lowest BCUT2D eigenvalue weighted by Crippen LogP contribution is -2.22. The van der Waals surface area contributed by atoms with Crippen LogP contribution in [0.1, 0.15) is 34.5 Å². The van der Waals surface area contributed by atoms with Crippen LogP contribution in [0.5, 0.6) is 5.75 Å². The van der Waals surface area contributed by atoms with Crippen LogP contribution in [0.2, 0.25) is 0 Å². The summed E-state index contributed by atoms with van der Waals surface area (Å²) in [6.45, 7) is 7.17. The number of benzene rings is 1. The first-order valence-corrected chi connectivity index (χ1v) is 7.10. The average molecular weight is 277 g/mol. The Hall–Kier alpha value is -1.46. The van der Waals surface area contributed by atoms with Crippen molar-refractivity contribution >= 4 is 11.5 Å². The van der Waals surface area contributed by atoms with Crippen molar-refractivity contribution in [3.8, 4) is 5.75 Å². The number of hydrogen-bond donors (Lipinski definition) is 1. The van der Waals surface area contributed by atoms with Crippen LogP contribution in [0, 0.1) is 13.8 Å². The number of nitrogens with one attached hydrogen (secondary N) is 1. The molecule has 1 atom stereocenters. The van der Waals surface area contributed by atoms with Crippen LogP contribution < -0.4 is 10.1 Å². The molecule has 2 aromatic rings. The summed E-state index contributed by atoms with van der Waals surface area (Å²) in [6.07, 6.45) is 1.83. The topological polar surface area (TPSA) is 47.0 Å². The Balaban J connectivity index is 2.45. The van der Waals surface area contributed by atoms with Crippen LogP contribution in [0.25, 0.3) is 0 Å². The molecule has 1 unspecified atom stereocenters. The molecule has 2 rings (SSSR count). The number of aromatic nitrogens is 2. The maximum absolute atomic E-state index is 5.37. The Labute approximate surface area is 118 Å². The van der Waals surface area contributed by atoms with E-state index in [2.05, 4.69) is 47.8 Å². The summed E-state index contributed by atoms with van der Waals surface area (Å²) < 4.78 is 9.33. The zero-order valence-electron chi connectivity index (χ0n) is 11.7. The van der Waals surface area contributed by atoms with Gasteiger partial charge in [-0.25, -0.2) is 0 Å². The molecule has 0 radical (unpaired) electrons. The van der Waals surface area contributed by atoms with Gasteiger partial charge in [0, 0.05) is 0 Å². The standard InChI is InChI=1S/C14H19N3OS/c1-5-15-14(13-8-16-17-19-13)11-6-10(3)12(18-4)7-9(11)2/h6-8,14-15H,5H2,1-4H3. The molecular weight excluding hydrogens is 258 g/mol. The maximum atomic E-state index is 5.37. The minimum Gasteiger partial charge on any atom is -0.496 e. The quantitative estimate of drug-likeness (QED) is 0.913. The molecule has 0 spiro atoms. The second-order valence-corrected chi connectivity index (χ2v) is 5.31. The van der Waals surface area contributed by atoms with E-state index in [1.165, 1.54) is 22.7 Å². The minimum absolute atomic E-state index is 0.148. The Kier molecular flexibility index (Phi) is 4.50. The van der Waals surface area contributed by atoms with Crippen LogP contribution in [-0.2, 0) is 0 Å². The van der Waals surface area contributed by atoms with Gasteiger partial charge in [0.05, 0.1) is 24.2 Å². The van der Waals surface area contributed by atoms with Crippen LogP contribution >= 0.6 is 11.5 Å². The second kappa shape index (κ2) is 6.12. The molecule has 0 aliphatic heterocycles. The van der Waals surface area contributed by atoms with Gasteiger partial charge in [-0.3, -0.25) is 0 Å². The van der Waals surface area contributed by atoms with Crippen LogP contribution in [0.4, 0.5) is 0 Å². The van der Waals surface area contributed by atoms with Gasteiger partial charge < -0.3 is 10.1 Å². The van der Waals surface area contributed by atoms with Crippen LogP contribution in [-0.4, -0.2) is 23.2 Å². The van der Waals surface area contributed by atoms with Gasteiger partial charge in [-0.05, 0) is 54.7 Å². The highest BCUT2D eigenvalue weighted by atomic mass is 32.1. The number of ether oxygens (including phenoxy) is 1. The summed E-state index contributed by atoms with van der Waals surface area (Å²) in [6, 6.07) is 4.42. The van der Waals surface area contributed by atoms with Crippen molar-refractivity contribution in [1.29, 1.82) is 0 Å². The molecule has 1 aromatic heterocycles. The summed E-state index contributed by atoms with van der Waals surface area (Å²) in [5.41, 5.74) is 3.61. The predicted octanol–water partition coefficient (Wildman–Crippen LogP) is 2.86. The largest absolute Gasteiger partial charge is 0.496 e. The van der Waals surface area contributed by atoms with E-state index in [9.17, 15) is 0 Å². The molecule has 1 N–H and O–H groups in total. The number of aryl methyl sites for hydroxylation is 2. The molecule has 0 amide bonds. The smallest absolute Gasteiger partial charge is 0.122 e. The lowest BCUT2D eigenvalue weighted by Gasteiger charge is -2.20. The van der Waals surface area contributed by atoms with Crippen molar-refractivity contribution in [2.24, 2.45) is 0 Å². The Morgan fingerprint density at radius 1 is 1.32 bits per heavy atom. The molecule has 0 fully saturated rings. The highest BCUT2D eigenvalue weighted by Crippen LogP contribution is 2.31. The first kappa shape index (κ1) is 14.0. The Morgan fingerprint density at radius 2 is 2.11 bits per heavy atom. The minimum atomic E-state index is 0.148. The SMILES string of the molecule is CCNC(c1cnns1)c1cc(C)c(OC)cc1C. The van der Waals surface area contributed by atoms with Crippen LogP contribution in [0.15, 0.2) is 18.3 Å². The lowest BCUT2D eigenvalue weighted by molar-refractivity contribution is 0.411. The molecule has 102 valence electrons. The fourth-order valence-electron chi connectivity index (χ4n) is 2.21. The fraction of sp³-hybridized carbons (Fsp3) is 0.429. The molecule has 0 aliphatic carbocycles. The van der Waals surface area contributed by atoms with Gasteiger partial charge in [0.2, 0.25) is 0 Å². The van der Waals surface area contributed by atoms with Crippen molar-refractivity contribution in [2.75, 3.05) is 13.7 Å². The zero-order valence-corrected chi connectivity index (χ0v) is 12.5. The third-order valence-electron chi connectivity index (χ3n) is 3.17. The van der Waals surface area contributed by atoms with E-state index in [4.69, 9.17) is 4.74 Å². The van der Waals surface area contributed by atoms with E-state index in [-0.39, 0.29) is 6.04 Å². The van der Waals surface area contributed by atoms with Crippen molar-refractivity contribution in [3.63, 3.8) is 0 Å². The molecule has 19 heavy (non-hydrogen) atoms. The second-order valence-electron chi connectivity index (χ2n) is 4.49. The number of nitrogens with zero attached hydrogens (tertiary/aromatic N) is 2. The highest BCUT2D eigenvalue weighted by Gasteiger charge is 2.18. The Bertz CT molecular complexity index is 540. The summed E-state index contributed by atoms with van der Waals surface area (Å²) in [5, 5.41) is 7.44. The summed E-state index contributed by atoms with van der Waals surface area (Å²) in [4.78, 5) is 1.13. The van der Waals surface area contributed by atoms with Crippen molar-refractivity contribution in [1.82, 2.24) is 14.9 Å². The highest BCUT2D eigenvalue weighted by molar-refractivity contribution is 7.05. The van der Waals surface area contributed by atoms with E-state index in [0.29, 0.717) is 0 Å². The van der Waals surface area contributed by atoms with E-state index >= 15 is 0 Å². The lowest BCUT2D eigenvalue weighted by atomic mass is 9.97. The summed E-state index contributed by atoms with van der Waals surface area (Å²) in [5.74, 6) is 0.930. The van der Waals surface area contributed by atoms with Gasteiger partial charge in [0.1, 0.15) is 5.75 Å². The van der Waals surface area contributed by atoms with Gasteiger partial charge in [0.25, 0.3) is 0 Å².